The molecule has 21 heavy (non-hydrogen) atoms. The van der Waals surface area contributed by atoms with Crippen LogP contribution in [-0.4, -0.2) is 23.5 Å². The van der Waals surface area contributed by atoms with Crippen molar-refractivity contribution in [2.45, 2.75) is 24.0 Å². The Balaban J connectivity index is 1.82. The van der Waals surface area contributed by atoms with Crippen LogP contribution in [0.25, 0.3) is 10.1 Å². The molecule has 0 bridgehead atoms. The van der Waals surface area contributed by atoms with Gasteiger partial charge in [0.05, 0.1) is 11.1 Å². The van der Waals surface area contributed by atoms with Crippen LogP contribution in [0.15, 0.2) is 18.2 Å². The summed E-state index contributed by atoms with van der Waals surface area (Å²) in [6.07, 6.45) is 5.55. The fraction of sp³-hybridized carbons (Fsp3) is 0.400. The van der Waals surface area contributed by atoms with Gasteiger partial charge in [0, 0.05) is 16.0 Å². The lowest BCUT2D eigenvalue weighted by molar-refractivity contribution is 0.0949. The minimum Gasteiger partial charge on any atom is -0.397 e. The first kappa shape index (κ1) is 14.7. The van der Waals surface area contributed by atoms with E-state index in [2.05, 4.69) is 11.6 Å². The zero-order valence-corrected chi connectivity index (χ0v) is 13.4. The molecule has 0 saturated heterocycles. The molecule has 0 aliphatic heterocycles. The van der Waals surface area contributed by atoms with Crippen LogP contribution < -0.4 is 11.1 Å². The van der Waals surface area contributed by atoms with Crippen LogP contribution in [0.2, 0.25) is 0 Å². The van der Waals surface area contributed by atoms with E-state index in [1.165, 1.54) is 23.8 Å². The quantitative estimate of drug-likeness (QED) is 0.903. The third kappa shape index (κ3) is 2.51. The van der Waals surface area contributed by atoms with Crippen LogP contribution in [0.1, 0.15) is 28.9 Å². The van der Waals surface area contributed by atoms with Gasteiger partial charge in [0.25, 0.3) is 5.91 Å². The average molecular weight is 324 g/mol. The lowest BCUT2D eigenvalue weighted by atomic mass is 9.84. The second-order valence-electron chi connectivity index (χ2n) is 5.38. The zero-order chi connectivity index (χ0) is 15.0. The summed E-state index contributed by atoms with van der Waals surface area (Å²) < 4.78 is 14.7. The van der Waals surface area contributed by atoms with Gasteiger partial charge in [-0.1, -0.05) is 12.5 Å². The van der Waals surface area contributed by atoms with E-state index in [0.717, 1.165) is 12.8 Å². The molecular weight excluding hydrogens is 307 g/mol. The summed E-state index contributed by atoms with van der Waals surface area (Å²) in [4.78, 5) is 12.7. The number of benzene rings is 1. The molecule has 112 valence electrons. The SMILES string of the molecule is CSC1(CNC(=O)c2sc3cccc(F)c3c2N)CCC1. The minimum atomic E-state index is -0.375. The molecule has 1 aliphatic carbocycles. The van der Waals surface area contributed by atoms with Crippen molar-refractivity contribution in [3.8, 4) is 0 Å². The minimum absolute atomic E-state index is 0.173. The molecule has 3 rings (SSSR count). The Bertz CT molecular complexity index is 689. The highest BCUT2D eigenvalue weighted by atomic mass is 32.2. The number of nitrogen functional groups attached to an aromatic ring is 1. The molecule has 0 radical (unpaired) electrons. The van der Waals surface area contributed by atoms with Gasteiger partial charge < -0.3 is 11.1 Å². The Hall–Kier alpha value is -1.27. The molecule has 2 aromatic rings. The lowest BCUT2D eigenvalue weighted by Gasteiger charge is -2.40. The molecule has 1 heterocycles. The summed E-state index contributed by atoms with van der Waals surface area (Å²) in [5.41, 5.74) is 6.21. The second-order valence-corrected chi connectivity index (χ2v) is 7.71. The van der Waals surface area contributed by atoms with Gasteiger partial charge in [-0.15, -0.1) is 11.3 Å². The highest BCUT2D eigenvalue weighted by Gasteiger charge is 2.36. The van der Waals surface area contributed by atoms with Crippen molar-refractivity contribution in [2.24, 2.45) is 0 Å². The maximum absolute atomic E-state index is 13.8. The second kappa shape index (κ2) is 5.50. The van der Waals surface area contributed by atoms with Crippen molar-refractivity contribution < 1.29 is 9.18 Å². The van der Waals surface area contributed by atoms with Crippen LogP contribution in [0.4, 0.5) is 10.1 Å². The first-order chi connectivity index (χ1) is 10.1. The Kier molecular flexibility index (Phi) is 3.84. The van der Waals surface area contributed by atoms with E-state index in [1.54, 1.807) is 23.9 Å². The van der Waals surface area contributed by atoms with Crippen molar-refractivity contribution >= 4 is 44.8 Å². The number of nitrogens with two attached hydrogens (primary N) is 1. The number of hydrogen-bond donors (Lipinski definition) is 2. The molecule has 1 saturated carbocycles. The van der Waals surface area contributed by atoms with E-state index in [9.17, 15) is 9.18 Å². The van der Waals surface area contributed by atoms with Gasteiger partial charge in [0.2, 0.25) is 0 Å². The number of amides is 1. The van der Waals surface area contributed by atoms with E-state index in [-0.39, 0.29) is 22.2 Å². The lowest BCUT2D eigenvalue weighted by Crippen LogP contribution is -2.45. The molecule has 1 aliphatic rings. The molecule has 6 heteroatoms. The molecule has 3 N–H and O–H groups in total. The number of hydrogen-bond acceptors (Lipinski definition) is 4. The number of carbonyl (C=O) groups is 1. The highest BCUT2D eigenvalue weighted by Crippen LogP contribution is 2.42. The number of anilines is 1. The third-order valence-corrected chi connectivity index (χ3v) is 6.76. The van der Waals surface area contributed by atoms with E-state index < -0.39 is 0 Å². The fourth-order valence-corrected chi connectivity index (χ4v) is 4.61. The first-order valence-electron chi connectivity index (χ1n) is 6.86. The van der Waals surface area contributed by atoms with Crippen molar-refractivity contribution in [1.82, 2.24) is 5.32 Å². The predicted octanol–water partition coefficient (Wildman–Crippen LogP) is 3.64. The number of thiophene rings is 1. The Labute approximate surface area is 131 Å². The van der Waals surface area contributed by atoms with Crippen LogP contribution >= 0.6 is 23.1 Å². The molecular formula is C15H17FN2OS2. The molecule has 1 fully saturated rings. The summed E-state index contributed by atoms with van der Waals surface area (Å²) in [5.74, 6) is -0.576. The molecule has 0 atom stereocenters. The molecule has 3 nitrogen and oxygen atoms in total. The third-order valence-electron chi connectivity index (χ3n) is 4.18. The van der Waals surface area contributed by atoms with E-state index in [0.29, 0.717) is 21.5 Å². The first-order valence-corrected chi connectivity index (χ1v) is 8.90. The number of carbonyl (C=O) groups excluding carboxylic acids is 1. The van der Waals surface area contributed by atoms with E-state index >= 15 is 0 Å². The van der Waals surface area contributed by atoms with Gasteiger partial charge in [-0.3, -0.25) is 4.79 Å². The average Bonchev–Trinajstić information content (AvgIpc) is 2.76. The zero-order valence-electron chi connectivity index (χ0n) is 11.7. The van der Waals surface area contributed by atoms with E-state index in [1.807, 2.05) is 0 Å². The largest absolute Gasteiger partial charge is 0.397 e. The number of thioether (sulfide) groups is 1. The predicted molar refractivity (Wildman–Crippen MR) is 88.6 cm³/mol. The normalized spacial score (nSPS) is 16.7. The topological polar surface area (TPSA) is 55.1 Å². The number of halogens is 1. The van der Waals surface area contributed by atoms with Gasteiger partial charge >= 0.3 is 0 Å². The number of fused-ring (bicyclic) bond motifs is 1. The van der Waals surface area contributed by atoms with Crippen LogP contribution in [-0.2, 0) is 0 Å². The van der Waals surface area contributed by atoms with Gasteiger partial charge in [0.15, 0.2) is 0 Å². The number of nitrogens with one attached hydrogen (secondary N) is 1. The summed E-state index contributed by atoms with van der Waals surface area (Å²) in [7, 11) is 0. The Morgan fingerprint density at radius 1 is 1.52 bits per heavy atom. The summed E-state index contributed by atoms with van der Waals surface area (Å²) in [6.45, 7) is 0.642. The van der Waals surface area contributed by atoms with Crippen molar-refractivity contribution in [2.75, 3.05) is 18.5 Å². The number of rotatable bonds is 4. The van der Waals surface area contributed by atoms with E-state index in [4.69, 9.17) is 5.73 Å². The summed E-state index contributed by atoms with van der Waals surface area (Å²) >= 11 is 3.05. The van der Waals surface area contributed by atoms with Crippen molar-refractivity contribution in [3.63, 3.8) is 0 Å². The monoisotopic (exact) mass is 324 g/mol. The van der Waals surface area contributed by atoms with Gasteiger partial charge in [0.1, 0.15) is 10.7 Å². The summed E-state index contributed by atoms with van der Waals surface area (Å²) in [6, 6.07) is 4.78. The molecule has 0 unspecified atom stereocenters. The van der Waals surface area contributed by atoms with Gasteiger partial charge in [-0.2, -0.15) is 11.8 Å². The van der Waals surface area contributed by atoms with Crippen LogP contribution in [0.3, 0.4) is 0 Å². The standard InChI is InChI=1S/C15H17FN2OS2/c1-20-15(6-3-7-15)8-18-14(19)13-12(17)11-9(16)4-2-5-10(11)21-13/h2,4-5H,3,6-8,17H2,1H3,(H,18,19). The van der Waals surface area contributed by atoms with Crippen LogP contribution in [0.5, 0.6) is 0 Å². The van der Waals surface area contributed by atoms with Gasteiger partial charge in [-0.25, -0.2) is 4.39 Å². The Morgan fingerprint density at radius 3 is 2.86 bits per heavy atom. The smallest absolute Gasteiger partial charge is 0.263 e. The molecule has 0 spiro atoms. The maximum Gasteiger partial charge on any atom is 0.263 e. The summed E-state index contributed by atoms with van der Waals surface area (Å²) in [5, 5.41) is 3.32. The van der Waals surface area contributed by atoms with Crippen LogP contribution in [0, 0.1) is 5.82 Å². The van der Waals surface area contributed by atoms with Gasteiger partial charge in [-0.05, 0) is 31.2 Å². The van der Waals surface area contributed by atoms with Crippen molar-refractivity contribution in [1.29, 1.82) is 0 Å². The highest BCUT2D eigenvalue weighted by molar-refractivity contribution is 8.00. The molecule has 1 aromatic carbocycles. The molecule has 1 amide bonds. The maximum atomic E-state index is 13.8. The van der Waals surface area contributed by atoms with Crippen molar-refractivity contribution in [3.05, 3.63) is 28.9 Å². The fourth-order valence-electron chi connectivity index (χ4n) is 2.64. The Morgan fingerprint density at radius 2 is 2.29 bits per heavy atom. The molecule has 1 aromatic heterocycles.